The normalized spacial score (nSPS) is 13.1. The first kappa shape index (κ1) is 41.3. The largest absolute Gasteiger partial charge is 0.472 e. The zero-order valence-corrected chi connectivity index (χ0v) is 36.6. The van der Waals surface area contributed by atoms with Crippen molar-refractivity contribution in [3.63, 3.8) is 0 Å². The number of esters is 1. The van der Waals surface area contributed by atoms with Gasteiger partial charge in [-0.05, 0) is 91.8 Å². The van der Waals surface area contributed by atoms with E-state index in [1.807, 2.05) is 110 Å². The molecule has 8 aromatic rings. The summed E-state index contributed by atoms with van der Waals surface area (Å²) in [6, 6.07) is 52.5. The van der Waals surface area contributed by atoms with Gasteiger partial charge in [0.2, 0.25) is 11.5 Å². The number of halogens is 1. The van der Waals surface area contributed by atoms with Crippen molar-refractivity contribution < 1.29 is 18.7 Å². The van der Waals surface area contributed by atoms with Crippen LogP contribution in [0.15, 0.2) is 187 Å². The molecule has 0 spiro atoms. The third-order valence-electron chi connectivity index (χ3n) is 11.6. The molecule has 0 N–H and O–H groups in total. The highest BCUT2D eigenvalue weighted by Crippen LogP contribution is 2.59. The van der Waals surface area contributed by atoms with Crippen LogP contribution < -0.4 is 4.74 Å². The average Bonchev–Trinajstić information content (AvgIpc) is 3.96. The predicted octanol–water partition coefficient (Wildman–Crippen LogP) is 12.9. The van der Waals surface area contributed by atoms with Crippen LogP contribution in [0.25, 0.3) is 22.3 Å². The molecule has 2 aromatic heterocycles. The van der Waals surface area contributed by atoms with Crippen LogP contribution in [0.2, 0.25) is 0 Å². The molecule has 0 atom stereocenters. The van der Waals surface area contributed by atoms with Crippen molar-refractivity contribution in [1.82, 2.24) is 9.97 Å². The molecule has 0 bridgehead atoms. The van der Waals surface area contributed by atoms with E-state index < -0.39 is 11.1 Å². The number of rotatable bonds is 14. The molecule has 6 aromatic carbocycles. The highest BCUT2D eigenvalue weighted by atomic mass is 79.9. The maximum atomic E-state index is 12.1. The lowest BCUT2D eigenvalue weighted by molar-refractivity contribution is 0.0600. The van der Waals surface area contributed by atoms with Crippen LogP contribution in [0.5, 0.6) is 5.88 Å². The Morgan fingerprint density at radius 1 is 0.730 bits per heavy atom. The van der Waals surface area contributed by atoms with Gasteiger partial charge in [-0.3, -0.25) is 0 Å². The smallest absolute Gasteiger partial charge is 0.337 e. The first-order valence-corrected chi connectivity index (χ1v) is 21.6. The van der Waals surface area contributed by atoms with E-state index in [2.05, 4.69) is 75.8 Å². The van der Waals surface area contributed by atoms with Crippen molar-refractivity contribution in [3.8, 4) is 17.2 Å². The van der Waals surface area contributed by atoms with Gasteiger partial charge in [0.15, 0.2) is 0 Å². The molecular formula is C52H43BrN6O4. The maximum Gasteiger partial charge on any atom is 0.337 e. The number of nitrogens with zero attached hydrogens (tertiary/aromatic N) is 6. The van der Waals surface area contributed by atoms with Gasteiger partial charge in [0, 0.05) is 40.6 Å². The van der Waals surface area contributed by atoms with E-state index in [1.165, 1.54) is 7.11 Å². The number of carbonyl (C=O) groups is 1. The molecule has 1 aliphatic rings. The Hall–Kier alpha value is -7.11. The number of aryl methyl sites for hydroxylation is 2. The Morgan fingerprint density at radius 2 is 1.32 bits per heavy atom. The lowest BCUT2D eigenvalue weighted by atomic mass is 9.59. The fourth-order valence-corrected chi connectivity index (χ4v) is 9.30. The van der Waals surface area contributed by atoms with Gasteiger partial charge in [-0.15, -0.1) is 10.2 Å². The van der Waals surface area contributed by atoms with Crippen molar-refractivity contribution in [2.45, 2.75) is 50.8 Å². The molecule has 9 rings (SSSR count). The van der Waals surface area contributed by atoms with Crippen LogP contribution in [-0.2, 0) is 35.3 Å². The van der Waals surface area contributed by atoms with E-state index in [1.54, 1.807) is 12.1 Å². The Kier molecular flexibility index (Phi) is 11.6. The third kappa shape index (κ3) is 7.52. The number of hydrogen-bond acceptors (Lipinski definition) is 10. The summed E-state index contributed by atoms with van der Waals surface area (Å²) in [7, 11) is 1.38. The van der Waals surface area contributed by atoms with E-state index >= 15 is 0 Å². The second kappa shape index (κ2) is 17.7. The second-order valence-corrected chi connectivity index (χ2v) is 16.2. The maximum absolute atomic E-state index is 12.1. The van der Waals surface area contributed by atoms with E-state index in [0.29, 0.717) is 29.2 Å². The lowest BCUT2D eigenvalue weighted by Crippen LogP contribution is -2.48. The van der Waals surface area contributed by atoms with Gasteiger partial charge >= 0.3 is 5.97 Å². The topological polar surface area (TPSA) is 124 Å². The van der Waals surface area contributed by atoms with Crippen LogP contribution in [0.4, 0.5) is 0 Å². The van der Waals surface area contributed by atoms with Crippen molar-refractivity contribution in [1.29, 1.82) is 0 Å². The zero-order chi connectivity index (χ0) is 43.4. The lowest BCUT2D eigenvalue weighted by Gasteiger charge is -2.45. The second-order valence-electron chi connectivity index (χ2n) is 15.4. The minimum absolute atomic E-state index is 0.257. The summed E-state index contributed by atoms with van der Waals surface area (Å²) < 4.78 is 19.0. The molecule has 63 heavy (non-hydrogen) atoms. The third-order valence-corrected chi connectivity index (χ3v) is 12.4. The van der Waals surface area contributed by atoms with Gasteiger partial charge in [-0.2, -0.15) is 4.98 Å². The van der Waals surface area contributed by atoms with Gasteiger partial charge in [-0.25, -0.2) is 9.78 Å². The molecule has 312 valence electrons. The molecule has 0 saturated heterocycles. The van der Waals surface area contributed by atoms with Crippen LogP contribution in [-0.4, -0.2) is 23.0 Å². The van der Waals surface area contributed by atoms with Gasteiger partial charge in [-0.1, -0.05) is 140 Å². The van der Waals surface area contributed by atoms with E-state index in [-0.39, 0.29) is 12.6 Å². The predicted molar refractivity (Wildman–Crippen MR) is 246 cm³/mol. The average molecular weight is 896 g/mol. The van der Waals surface area contributed by atoms with Gasteiger partial charge in [0.1, 0.15) is 23.8 Å². The summed E-state index contributed by atoms with van der Waals surface area (Å²) in [5.74, 6) is 1.52. The van der Waals surface area contributed by atoms with Crippen LogP contribution in [0, 0.1) is 6.92 Å². The molecule has 0 radical (unpaired) electrons. The minimum Gasteiger partial charge on any atom is -0.472 e. The number of aromatic nitrogens is 2. The molecule has 3 heterocycles. The Balaban J connectivity index is 1.11. The minimum atomic E-state index is -1.39. The van der Waals surface area contributed by atoms with Gasteiger partial charge in [0.05, 0.1) is 22.6 Å². The molecule has 1 aliphatic heterocycles. The molecule has 0 amide bonds. The molecule has 0 fully saturated rings. The molecule has 0 aliphatic carbocycles. The summed E-state index contributed by atoms with van der Waals surface area (Å²) in [6.45, 7) is 4.35. The van der Waals surface area contributed by atoms with Gasteiger partial charge < -0.3 is 13.9 Å². The molecular weight excluding hydrogens is 853 g/mol. The summed E-state index contributed by atoms with van der Waals surface area (Å²) in [6.07, 6.45) is 2.17. The monoisotopic (exact) mass is 894 g/mol. The number of carbonyl (C=O) groups excluding carboxylic acids is 1. The Labute approximate surface area is 373 Å². The Morgan fingerprint density at radius 3 is 1.92 bits per heavy atom. The highest BCUT2D eigenvalue weighted by Gasteiger charge is 2.60. The van der Waals surface area contributed by atoms with E-state index in [0.717, 1.165) is 78.7 Å². The first-order valence-electron chi connectivity index (χ1n) is 20.8. The van der Waals surface area contributed by atoms with Crippen LogP contribution in [0.1, 0.15) is 74.2 Å². The summed E-state index contributed by atoms with van der Waals surface area (Å²) >= 11 is 3.98. The SMILES string of the molecule is CCCc1nc(C)c(Cc2ccc(C(=O)OC)cc2)c(OCc2ccc3oc(-c4ccccc4C4(C(c5ccccc5)(c5ccccc5)c5ccccc5)N=NN=N4)c(Br)c3c2)n1. The molecule has 11 heteroatoms. The fraction of sp³-hybridized carbons (Fsp3) is 0.173. The van der Waals surface area contributed by atoms with Crippen molar-refractivity contribution in [2.24, 2.45) is 20.7 Å². The first-order chi connectivity index (χ1) is 30.9. The number of benzene rings is 6. The fourth-order valence-electron chi connectivity index (χ4n) is 8.70. The number of fused-ring (bicyclic) bond motifs is 1. The van der Waals surface area contributed by atoms with Crippen molar-refractivity contribution in [3.05, 3.63) is 218 Å². The standard InChI is InChI=1S/C52H43BrN6O4/c1-4-16-46-54-34(2)42(31-35-25-28-37(29-26-35)50(60)61-3)49(55-46)62-33-36-27-30-45-43(32-36)47(53)48(63-45)41-23-14-15-24-44(41)52(56-58-59-57-52)51(38-17-8-5-9-18-38,39-19-10-6-11-20-39)40-21-12-7-13-22-40/h5-15,17-30,32H,4,16,31,33H2,1-3H3. The number of methoxy groups -OCH3 is 1. The summed E-state index contributed by atoms with van der Waals surface area (Å²) in [4.78, 5) is 21.8. The molecule has 0 saturated carbocycles. The zero-order valence-electron chi connectivity index (χ0n) is 35.0. The van der Waals surface area contributed by atoms with Crippen LogP contribution >= 0.6 is 15.9 Å². The summed E-state index contributed by atoms with van der Waals surface area (Å²) in [5, 5.41) is 19.5. The van der Waals surface area contributed by atoms with E-state index in [4.69, 9.17) is 34.1 Å². The number of ether oxygens (including phenoxy) is 2. The summed E-state index contributed by atoms with van der Waals surface area (Å²) in [5.41, 5.74) is 6.93. The highest BCUT2D eigenvalue weighted by molar-refractivity contribution is 9.10. The van der Waals surface area contributed by atoms with Crippen LogP contribution in [0.3, 0.4) is 0 Å². The number of furan rings is 1. The Bertz CT molecular complexity index is 2860. The van der Waals surface area contributed by atoms with Crippen molar-refractivity contribution >= 4 is 32.9 Å². The molecule has 0 unspecified atom stereocenters. The van der Waals surface area contributed by atoms with Gasteiger partial charge in [0.25, 0.3) is 0 Å². The van der Waals surface area contributed by atoms with Crippen molar-refractivity contribution in [2.75, 3.05) is 7.11 Å². The van der Waals surface area contributed by atoms with E-state index in [9.17, 15) is 4.79 Å². The number of hydrogen-bond donors (Lipinski definition) is 0. The quantitative estimate of drug-likeness (QED) is 0.0791. The molecule has 10 nitrogen and oxygen atoms in total.